The third-order valence-electron chi connectivity index (χ3n) is 4.36. The van der Waals surface area contributed by atoms with Gasteiger partial charge in [0.05, 0.1) is 5.56 Å². The van der Waals surface area contributed by atoms with E-state index in [0.717, 1.165) is 25.2 Å². The Morgan fingerprint density at radius 3 is 2.52 bits per heavy atom. The molecule has 1 aromatic heterocycles. The van der Waals surface area contributed by atoms with E-state index >= 15 is 0 Å². The first-order valence-electron chi connectivity index (χ1n) is 8.81. The van der Waals surface area contributed by atoms with Gasteiger partial charge < -0.3 is 15.0 Å². The van der Waals surface area contributed by atoms with Crippen molar-refractivity contribution >= 4 is 23.2 Å². The van der Waals surface area contributed by atoms with E-state index in [9.17, 15) is 14.0 Å². The van der Waals surface area contributed by atoms with Gasteiger partial charge in [0.1, 0.15) is 11.6 Å². The van der Waals surface area contributed by atoms with Crippen LogP contribution in [-0.4, -0.2) is 67.5 Å². The maximum atomic E-state index is 12.8. The monoisotopic (exact) mass is 391 g/mol. The summed E-state index contributed by atoms with van der Waals surface area (Å²) in [5.41, 5.74) is 0.752. The van der Waals surface area contributed by atoms with Crippen LogP contribution in [0.3, 0.4) is 0 Å². The quantitative estimate of drug-likeness (QED) is 0.782. The van der Waals surface area contributed by atoms with Crippen molar-refractivity contribution in [1.82, 2.24) is 15.1 Å². The van der Waals surface area contributed by atoms with Crippen molar-refractivity contribution in [2.45, 2.75) is 0 Å². The SMILES string of the molecule is O=C(COc1ccc(F)cc1)NCCN1CCN(C(=O)c2ccsc2)CC1. The Balaban J connectivity index is 1.30. The zero-order chi connectivity index (χ0) is 19.1. The van der Waals surface area contributed by atoms with Crippen LogP contribution in [0.25, 0.3) is 0 Å². The Labute approximate surface area is 161 Å². The Bertz CT molecular complexity index is 744. The number of piperazine rings is 1. The summed E-state index contributed by atoms with van der Waals surface area (Å²) in [5, 5.41) is 6.59. The van der Waals surface area contributed by atoms with Crippen LogP contribution in [0.4, 0.5) is 4.39 Å². The van der Waals surface area contributed by atoms with Crippen LogP contribution in [0.1, 0.15) is 10.4 Å². The molecule has 2 amide bonds. The molecule has 3 rings (SSSR count). The zero-order valence-corrected chi connectivity index (χ0v) is 15.7. The van der Waals surface area contributed by atoms with Gasteiger partial charge in [-0.1, -0.05) is 0 Å². The molecule has 8 heteroatoms. The van der Waals surface area contributed by atoms with E-state index in [1.807, 2.05) is 21.7 Å². The average molecular weight is 391 g/mol. The number of carbonyl (C=O) groups excluding carboxylic acids is 2. The highest BCUT2D eigenvalue weighted by molar-refractivity contribution is 7.08. The molecule has 0 atom stereocenters. The van der Waals surface area contributed by atoms with Gasteiger partial charge in [-0.05, 0) is 35.7 Å². The number of nitrogens with one attached hydrogen (secondary N) is 1. The van der Waals surface area contributed by atoms with Crippen molar-refractivity contribution in [3.05, 3.63) is 52.5 Å². The summed E-state index contributed by atoms with van der Waals surface area (Å²) in [6, 6.07) is 7.40. The predicted molar refractivity (Wildman–Crippen MR) is 102 cm³/mol. The minimum Gasteiger partial charge on any atom is -0.484 e. The lowest BCUT2D eigenvalue weighted by molar-refractivity contribution is -0.123. The molecule has 6 nitrogen and oxygen atoms in total. The van der Waals surface area contributed by atoms with Crippen molar-refractivity contribution in [2.24, 2.45) is 0 Å². The third kappa shape index (κ3) is 5.77. The number of rotatable bonds is 7. The maximum Gasteiger partial charge on any atom is 0.257 e. The normalized spacial score (nSPS) is 14.8. The fourth-order valence-corrected chi connectivity index (χ4v) is 3.46. The second kappa shape index (κ2) is 9.48. The minimum absolute atomic E-state index is 0.0853. The van der Waals surface area contributed by atoms with E-state index in [0.29, 0.717) is 25.4 Å². The molecular weight excluding hydrogens is 369 g/mol. The van der Waals surface area contributed by atoms with Gasteiger partial charge in [-0.15, -0.1) is 0 Å². The molecule has 1 aliphatic rings. The molecule has 1 aliphatic heterocycles. The first kappa shape index (κ1) is 19.3. The molecule has 144 valence electrons. The van der Waals surface area contributed by atoms with Gasteiger partial charge in [0, 0.05) is 44.6 Å². The zero-order valence-electron chi connectivity index (χ0n) is 14.9. The van der Waals surface area contributed by atoms with E-state index in [4.69, 9.17) is 4.74 Å². The standard InChI is InChI=1S/C19H22FN3O3S/c20-16-1-3-17(4-2-16)26-13-18(24)21-6-7-22-8-10-23(11-9-22)19(25)15-5-12-27-14-15/h1-5,12,14H,6-11,13H2,(H,21,24). The van der Waals surface area contributed by atoms with Crippen LogP contribution in [0.5, 0.6) is 5.75 Å². The second-order valence-electron chi connectivity index (χ2n) is 6.24. The minimum atomic E-state index is -0.344. The van der Waals surface area contributed by atoms with Crippen LogP contribution in [-0.2, 0) is 4.79 Å². The van der Waals surface area contributed by atoms with Gasteiger partial charge in [-0.3, -0.25) is 14.5 Å². The summed E-state index contributed by atoms with van der Waals surface area (Å²) < 4.78 is 18.1. The highest BCUT2D eigenvalue weighted by Gasteiger charge is 2.22. The number of amides is 2. The molecule has 2 heterocycles. The van der Waals surface area contributed by atoms with E-state index in [1.54, 1.807) is 0 Å². The molecule has 0 radical (unpaired) electrons. The van der Waals surface area contributed by atoms with Crippen molar-refractivity contribution in [1.29, 1.82) is 0 Å². The molecule has 27 heavy (non-hydrogen) atoms. The molecule has 1 saturated heterocycles. The van der Waals surface area contributed by atoms with Gasteiger partial charge >= 0.3 is 0 Å². The Morgan fingerprint density at radius 2 is 1.85 bits per heavy atom. The topological polar surface area (TPSA) is 61.9 Å². The number of nitrogens with zero attached hydrogens (tertiary/aromatic N) is 2. The molecule has 1 fully saturated rings. The molecule has 2 aromatic rings. The van der Waals surface area contributed by atoms with E-state index < -0.39 is 0 Å². The highest BCUT2D eigenvalue weighted by atomic mass is 32.1. The number of hydrogen-bond donors (Lipinski definition) is 1. The summed E-state index contributed by atoms with van der Waals surface area (Å²) in [7, 11) is 0. The number of benzene rings is 1. The highest BCUT2D eigenvalue weighted by Crippen LogP contribution is 2.12. The van der Waals surface area contributed by atoms with Gasteiger partial charge in [-0.2, -0.15) is 11.3 Å². The van der Waals surface area contributed by atoms with Crippen LogP contribution in [0, 0.1) is 5.82 Å². The van der Waals surface area contributed by atoms with E-state index in [1.165, 1.54) is 35.6 Å². The lowest BCUT2D eigenvalue weighted by Gasteiger charge is -2.34. The number of thiophene rings is 1. The van der Waals surface area contributed by atoms with Crippen LogP contribution in [0.15, 0.2) is 41.1 Å². The van der Waals surface area contributed by atoms with Gasteiger partial charge in [0.15, 0.2) is 6.61 Å². The molecule has 0 bridgehead atoms. The first-order valence-corrected chi connectivity index (χ1v) is 9.75. The predicted octanol–water partition coefficient (Wildman–Crippen LogP) is 1.84. The average Bonchev–Trinajstić information content (AvgIpc) is 3.22. The van der Waals surface area contributed by atoms with Crippen molar-refractivity contribution in [3.63, 3.8) is 0 Å². The van der Waals surface area contributed by atoms with Gasteiger partial charge in [0.25, 0.3) is 11.8 Å². The first-order chi connectivity index (χ1) is 13.1. The Kier molecular flexibility index (Phi) is 6.78. The molecule has 0 spiro atoms. The molecule has 1 N–H and O–H groups in total. The molecule has 1 aromatic carbocycles. The lowest BCUT2D eigenvalue weighted by Crippen LogP contribution is -2.50. The van der Waals surface area contributed by atoms with E-state index in [-0.39, 0.29) is 24.2 Å². The number of ether oxygens (including phenoxy) is 1. The van der Waals surface area contributed by atoms with Crippen LogP contribution >= 0.6 is 11.3 Å². The molecular formula is C19H22FN3O3S. The number of hydrogen-bond acceptors (Lipinski definition) is 5. The molecule has 0 aliphatic carbocycles. The van der Waals surface area contributed by atoms with Gasteiger partial charge in [0.2, 0.25) is 0 Å². The van der Waals surface area contributed by atoms with Crippen molar-refractivity contribution in [3.8, 4) is 5.75 Å². The molecule has 0 saturated carbocycles. The van der Waals surface area contributed by atoms with Gasteiger partial charge in [-0.25, -0.2) is 4.39 Å². The number of carbonyl (C=O) groups is 2. The summed E-state index contributed by atoms with van der Waals surface area (Å²) in [4.78, 5) is 28.2. The summed E-state index contributed by atoms with van der Waals surface area (Å²) in [5.74, 6) is -0.0189. The maximum absolute atomic E-state index is 12.8. The smallest absolute Gasteiger partial charge is 0.257 e. The van der Waals surface area contributed by atoms with Crippen molar-refractivity contribution < 1.29 is 18.7 Å². The van der Waals surface area contributed by atoms with Crippen molar-refractivity contribution in [2.75, 3.05) is 45.9 Å². The lowest BCUT2D eigenvalue weighted by atomic mass is 10.2. The second-order valence-corrected chi connectivity index (χ2v) is 7.02. The number of halogens is 1. The Morgan fingerprint density at radius 1 is 1.11 bits per heavy atom. The summed E-state index contributed by atoms with van der Waals surface area (Å²) in [6.45, 7) is 4.10. The Hall–Kier alpha value is -2.45. The fourth-order valence-electron chi connectivity index (χ4n) is 2.83. The largest absolute Gasteiger partial charge is 0.484 e. The van der Waals surface area contributed by atoms with Crippen LogP contribution in [0.2, 0.25) is 0 Å². The van der Waals surface area contributed by atoms with E-state index in [2.05, 4.69) is 10.2 Å². The fraction of sp³-hybridized carbons (Fsp3) is 0.368. The summed E-state index contributed by atoms with van der Waals surface area (Å²) in [6.07, 6.45) is 0. The summed E-state index contributed by atoms with van der Waals surface area (Å²) >= 11 is 1.52. The molecule has 0 unspecified atom stereocenters. The van der Waals surface area contributed by atoms with Crippen LogP contribution < -0.4 is 10.1 Å². The third-order valence-corrected chi connectivity index (χ3v) is 5.04.